The fourth-order valence-electron chi connectivity index (χ4n) is 5.23. The zero-order chi connectivity index (χ0) is 20.7. The number of rotatable bonds is 5. The van der Waals surface area contributed by atoms with Crippen LogP contribution in [0.5, 0.6) is 0 Å². The second-order valence-corrected chi connectivity index (χ2v) is 9.05. The van der Waals surface area contributed by atoms with Crippen molar-refractivity contribution in [3.8, 4) is 0 Å². The zero-order valence-corrected chi connectivity index (χ0v) is 17.7. The van der Waals surface area contributed by atoms with Gasteiger partial charge in [0.15, 0.2) is 0 Å². The quantitative estimate of drug-likeness (QED) is 0.767. The molecule has 1 aromatic carbocycles. The number of aliphatic hydroxyl groups excluding tert-OH is 1. The minimum absolute atomic E-state index is 0.203. The fourth-order valence-corrected chi connectivity index (χ4v) is 5.23. The van der Waals surface area contributed by atoms with Crippen LogP contribution < -0.4 is 10.2 Å². The number of aryl methyl sites for hydroxylation is 1. The smallest absolute Gasteiger partial charge is 0.220 e. The number of anilines is 1. The standard InChI is InChI=1S/C23H31N5O2/c1-16-2-3-17-11-19(14-27-13-18-12-22(30)24-21(18)15-27)23(25-20(17)10-16)28-6-4-26(5-7-28)8-9-29/h2-3,10-11,18,21,29H,4-9,12-15H2,1H3,(H,24,30)/t18-,21+/m0/s1. The van der Waals surface area contributed by atoms with Crippen LogP contribution >= 0.6 is 0 Å². The van der Waals surface area contributed by atoms with Crippen LogP contribution in [-0.4, -0.2) is 84.3 Å². The number of carbonyl (C=O) groups excluding carboxylic acids is 1. The zero-order valence-electron chi connectivity index (χ0n) is 17.7. The molecule has 0 aliphatic carbocycles. The van der Waals surface area contributed by atoms with Crippen LogP contribution in [0, 0.1) is 12.8 Å². The van der Waals surface area contributed by atoms with Gasteiger partial charge in [-0.2, -0.15) is 0 Å². The van der Waals surface area contributed by atoms with E-state index in [9.17, 15) is 9.90 Å². The molecule has 1 amide bonds. The number of hydrogen-bond acceptors (Lipinski definition) is 6. The summed E-state index contributed by atoms with van der Waals surface area (Å²) in [5, 5.41) is 13.5. The molecule has 3 aliphatic rings. The van der Waals surface area contributed by atoms with Gasteiger partial charge in [0, 0.05) is 81.7 Å². The highest BCUT2D eigenvalue weighted by Gasteiger charge is 2.40. The van der Waals surface area contributed by atoms with Crippen molar-refractivity contribution < 1.29 is 9.90 Å². The topological polar surface area (TPSA) is 71.9 Å². The fraction of sp³-hybridized carbons (Fsp3) is 0.565. The van der Waals surface area contributed by atoms with Gasteiger partial charge in [-0.25, -0.2) is 4.98 Å². The van der Waals surface area contributed by atoms with E-state index in [2.05, 4.69) is 51.2 Å². The SMILES string of the molecule is Cc1ccc2cc(CN3C[C@@H]4CC(=O)N[C@@H]4C3)c(N3CCN(CCO)CC3)nc2c1. The summed E-state index contributed by atoms with van der Waals surface area (Å²) in [6.45, 7) is 9.59. The van der Waals surface area contributed by atoms with Crippen molar-refractivity contribution in [2.24, 2.45) is 5.92 Å². The third-order valence-corrected chi connectivity index (χ3v) is 6.82. The molecule has 0 saturated carbocycles. The van der Waals surface area contributed by atoms with Crippen molar-refractivity contribution >= 4 is 22.6 Å². The molecule has 2 aromatic rings. The molecule has 1 aromatic heterocycles. The van der Waals surface area contributed by atoms with Crippen LogP contribution in [-0.2, 0) is 11.3 Å². The van der Waals surface area contributed by atoms with Crippen molar-refractivity contribution in [2.45, 2.75) is 25.9 Å². The number of benzene rings is 1. The summed E-state index contributed by atoms with van der Waals surface area (Å²) in [7, 11) is 0. The highest BCUT2D eigenvalue weighted by Crippen LogP contribution is 2.30. The molecule has 0 radical (unpaired) electrons. The maximum absolute atomic E-state index is 11.7. The van der Waals surface area contributed by atoms with Gasteiger partial charge >= 0.3 is 0 Å². The number of aromatic nitrogens is 1. The van der Waals surface area contributed by atoms with Crippen LogP contribution in [0.2, 0.25) is 0 Å². The summed E-state index contributed by atoms with van der Waals surface area (Å²) in [4.78, 5) is 24.0. The molecule has 7 nitrogen and oxygen atoms in total. The van der Waals surface area contributed by atoms with E-state index in [1.165, 1.54) is 16.5 Å². The number of piperazine rings is 1. The second-order valence-electron chi connectivity index (χ2n) is 9.05. The monoisotopic (exact) mass is 409 g/mol. The Labute approximate surface area is 177 Å². The van der Waals surface area contributed by atoms with Gasteiger partial charge in [-0.1, -0.05) is 12.1 Å². The molecular weight excluding hydrogens is 378 g/mol. The van der Waals surface area contributed by atoms with E-state index in [0.29, 0.717) is 18.4 Å². The Morgan fingerprint density at radius 2 is 1.97 bits per heavy atom. The molecule has 3 fully saturated rings. The van der Waals surface area contributed by atoms with Crippen LogP contribution in [0.4, 0.5) is 5.82 Å². The molecule has 2 N–H and O–H groups in total. The van der Waals surface area contributed by atoms with E-state index < -0.39 is 0 Å². The van der Waals surface area contributed by atoms with Crippen molar-refractivity contribution in [3.63, 3.8) is 0 Å². The summed E-state index contributed by atoms with van der Waals surface area (Å²) < 4.78 is 0. The van der Waals surface area contributed by atoms with Gasteiger partial charge in [-0.15, -0.1) is 0 Å². The largest absolute Gasteiger partial charge is 0.395 e. The van der Waals surface area contributed by atoms with Crippen LogP contribution in [0.1, 0.15) is 17.5 Å². The predicted molar refractivity (Wildman–Crippen MR) is 118 cm³/mol. The van der Waals surface area contributed by atoms with Crippen LogP contribution in [0.3, 0.4) is 0 Å². The molecule has 0 unspecified atom stereocenters. The second kappa shape index (κ2) is 8.13. The Morgan fingerprint density at radius 3 is 2.73 bits per heavy atom. The van der Waals surface area contributed by atoms with Crippen molar-refractivity contribution in [3.05, 3.63) is 35.4 Å². The Hall–Kier alpha value is -2.22. The summed E-state index contributed by atoms with van der Waals surface area (Å²) >= 11 is 0. The number of aliphatic hydroxyl groups is 1. The van der Waals surface area contributed by atoms with E-state index in [4.69, 9.17) is 4.98 Å². The molecule has 0 spiro atoms. The minimum atomic E-state index is 0.203. The van der Waals surface area contributed by atoms with Crippen molar-refractivity contribution in [1.82, 2.24) is 20.1 Å². The van der Waals surface area contributed by atoms with Crippen molar-refractivity contribution in [2.75, 3.05) is 57.3 Å². The Bertz CT molecular complexity index is 925. The molecule has 3 aliphatic heterocycles. The number of nitrogens with one attached hydrogen (secondary N) is 1. The van der Waals surface area contributed by atoms with Gasteiger partial charge in [-0.05, 0) is 24.6 Å². The molecule has 5 rings (SSSR count). The lowest BCUT2D eigenvalue weighted by Crippen LogP contribution is -2.47. The lowest BCUT2D eigenvalue weighted by Gasteiger charge is -2.36. The number of fused-ring (bicyclic) bond motifs is 2. The van der Waals surface area contributed by atoms with E-state index in [-0.39, 0.29) is 12.5 Å². The normalized spacial score (nSPS) is 25.1. The van der Waals surface area contributed by atoms with Gasteiger partial charge in [0.2, 0.25) is 5.91 Å². The maximum Gasteiger partial charge on any atom is 0.220 e. The molecule has 30 heavy (non-hydrogen) atoms. The number of amides is 1. The average Bonchev–Trinajstić information content (AvgIpc) is 3.25. The van der Waals surface area contributed by atoms with Crippen molar-refractivity contribution in [1.29, 1.82) is 0 Å². The van der Waals surface area contributed by atoms with E-state index in [1.807, 2.05) is 0 Å². The summed E-state index contributed by atoms with van der Waals surface area (Å²) in [6.07, 6.45) is 0.663. The van der Waals surface area contributed by atoms with Crippen LogP contribution in [0.25, 0.3) is 10.9 Å². The van der Waals surface area contributed by atoms with Gasteiger partial charge in [0.1, 0.15) is 5.82 Å². The summed E-state index contributed by atoms with van der Waals surface area (Å²) in [5.41, 5.74) is 3.55. The number of carbonyl (C=O) groups is 1. The molecule has 7 heteroatoms. The highest BCUT2D eigenvalue weighted by atomic mass is 16.3. The third-order valence-electron chi connectivity index (χ3n) is 6.82. The number of pyridine rings is 1. The van der Waals surface area contributed by atoms with E-state index in [0.717, 1.165) is 63.7 Å². The number of β-amino-alcohol motifs (C(OH)–C–C–N with tert-alkyl or cyclic N) is 1. The predicted octanol–water partition coefficient (Wildman–Crippen LogP) is 0.978. The lowest BCUT2D eigenvalue weighted by molar-refractivity contribution is -0.119. The highest BCUT2D eigenvalue weighted by molar-refractivity contribution is 5.82. The maximum atomic E-state index is 11.7. The first kappa shape index (κ1) is 19.7. The lowest BCUT2D eigenvalue weighted by atomic mass is 10.1. The molecule has 2 atom stereocenters. The van der Waals surface area contributed by atoms with Gasteiger partial charge in [0.05, 0.1) is 12.1 Å². The molecular formula is C23H31N5O2. The average molecular weight is 410 g/mol. The van der Waals surface area contributed by atoms with Gasteiger partial charge in [0.25, 0.3) is 0 Å². The molecule has 160 valence electrons. The Balaban J connectivity index is 1.40. The first-order valence-corrected chi connectivity index (χ1v) is 11.1. The van der Waals surface area contributed by atoms with E-state index >= 15 is 0 Å². The van der Waals surface area contributed by atoms with Gasteiger partial charge in [-0.3, -0.25) is 14.6 Å². The number of likely N-dealkylation sites (tertiary alicyclic amines) is 1. The first-order valence-electron chi connectivity index (χ1n) is 11.1. The van der Waals surface area contributed by atoms with Gasteiger partial charge < -0.3 is 15.3 Å². The molecule has 0 bridgehead atoms. The summed E-state index contributed by atoms with van der Waals surface area (Å²) in [5.74, 6) is 1.74. The van der Waals surface area contributed by atoms with E-state index in [1.54, 1.807) is 0 Å². The Kier molecular flexibility index (Phi) is 5.35. The third kappa shape index (κ3) is 3.89. The van der Waals surface area contributed by atoms with Crippen LogP contribution in [0.15, 0.2) is 24.3 Å². The molecule has 3 saturated heterocycles. The molecule has 4 heterocycles. The number of nitrogens with zero attached hydrogens (tertiary/aromatic N) is 4. The minimum Gasteiger partial charge on any atom is -0.395 e. The Morgan fingerprint density at radius 1 is 1.13 bits per heavy atom. The first-order chi connectivity index (χ1) is 14.6. The number of hydrogen-bond donors (Lipinski definition) is 2. The summed E-state index contributed by atoms with van der Waals surface area (Å²) in [6, 6.07) is 9.10.